The van der Waals surface area contributed by atoms with Gasteiger partial charge in [0.05, 0.1) is 5.33 Å². The summed E-state index contributed by atoms with van der Waals surface area (Å²) in [6, 6.07) is 3.87. The summed E-state index contributed by atoms with van der Waals surface area (Å²) in [7, 11) is 0. The second-order valence-corrected chi connectivity index (χ2v) is 7.27. The third-order valence-electron chi connectivity index (χ3n) is 3.80. The quantitative estimate of drug-likeness (QED) is 0.406. The van der Waals surface area contributed by atoms with E-state index in [0.29, 0.717) is 5.33 Å². The molecule has 0 amide bonds. The summed E-state index contributed by atoms with van der Waals surface area (Å²) in [6.07, 6.45) is 0. The van der Waals surface area contributed by atoms with Crippen LogP contribution >= 0.6 is 32.9 Å². The lowest BCUT2D eigenvalue weighted by Crippen LogP contribution is -2.07. The van der Waals surface area contributed by atoms with Crippen LogP contribution in [0.3, 0.4) is 0 Å². The molecule has 0 fully saturated rings. The topological polar surface area (TPSA) is 97.2 Å². The number of nitrogens with zero attached hydrogens (tertiary/aromatic N) is 2. The molecule has 2 aromatic rings. The third-order valence-corrected chi connectivity index (χ3v) is 4.31. The van der Waals surface area contributed by atoms with Crippen LogP contribution < -0.4 is 0 Å². The van der Waals surface area contributed by atoms with Crippen LogP contribution in [0, 0.1) is 41.5 Å². The van der Waals surface area contributed by atoms with Crippen LogP contribution in [-0.4, -0.2) is 37.9 Å². The number of Topliss-reactive ketones (excluding diaryl/α,β-unsaturated/α-hetero) is 2. The molecule has 0 saturated heterocycles. The third kappa shape index (κ3) is 10.2. The predicted octanol–water partition coefficient (Wildman–Crippen LogP) is 5.46. The molecule has 0 spiro atoms. The number of hydrogen-bond acceptors (Lipinski definition) is 5. The minimum atomic E-state index is -0.833. The maximum absolute atomic E-state index is 11.5. The molecule has 0 aromatic carbocycles. The van der Waals surface area contributed by atoms with Gasteiger partial charge in [-0.25, -0.2) is 0 Å². The van der Waals surface area contributed by atoms with E-state index in [-0.39, 0.29) is 28.5 Å². The predicted molar refractivity (Wildman–Crippen MR) is 129 cm³/mol. The number of aliphatic carboxylic acids is 1. The van der Waals surface area contributed by atoms with Crippen molar-refractivity contribution >= 4 is 50.4 Å². The van der Waals surface area contributed by atoms with Crippen LogP contribution in [0.25, 0.3) is 0 Å². The van der Waals surface area contributed by atoms with Crippen molar-refractivity contribution in [1.29, 1.82) is 0 Å². The molecule has 30 heavy (non-hydrogen) atoms. The first-order chi connectivity index (χ1) is 13.3. The van der Waals surface area contributed by atoms with Crippen LogP contribution in [0.2, 0.25) is 0 Å². The molecule has 0 aliphatic heterocycles. The second kappa shape index (κ2) is 14.1. The Hall–Kier alpha value is -1.93. The average Bonchev–Trinajstić information content (AvgIpc) is 2.52. The number of alkyl halides is 1. The number of ketones is 2. The first-order valence-electron chi connectivity index (χ1n) is 9.01. The van der Waals surface area contributed by atoms with E-state index in [0.717, 1.165) is 52.0 Å². The van der Waals surface area contributed by atoms with Crippen LogP contribution in [0.5, 0.6) is 0 Å². The minimum Gasteiger partial charge on any atom is -0.481 e. The number of pyridine rings is 2. The van der Waals surface area contributed by atoms with E-state index in [2.05, 4.69) is 25.9 Å². The fourth-order valence-electron chi connectivity index (χ4n) is 3.07. The van der Waals surface area contributed by atoms with Gasteiger partial charge in [0.15, 0.2) is 11.6 Å². The molecule has 0 bridgehead atoms. The maximum atomic E-state index is 11.5. The number of carboxylic acid groups (broad SMARTS) is 1. The monoisotopic (exact) mass is 544 g/mol. The van der Waals surface area contributed by atoms with E-state index in [1.165, 1.54) is 0 Å². The summed E-state index contributed by atoms with van der Waals surface area (Å²) in [5.41, 5.74) is 7.13. The average molecular weight is 546 g/mol. The van der Waals surface area contributed by atoms with Crippen molar-refractivity contribution in [2.45, 2.75) is 55.4 Å². The second-order valence-electron chi connectivity index (χ2n) is 6.71. The largest absolute Gasteiger partial charge is 0.481 e. The van der Waals surface area contributed by atoms with E-state index in [4.69, 9.17) is 9.90 Å². The maximum Gasteiger partial charge on any atom is 0.300 e. The van der Waals surface area contributed by atoms with Crippen molar-refractivity contribution in [1.82, 2.24) is 9.97 Å². The minimum absolute atomic E-state index is 0. The van der Waals surface area contributed by atoms with Gasteiger partial charge in [-0.3, -0.25) is 24.4 Å². The number of carbonyl (C=O) groups excluding carboxylic acids is 2. The zero-order valence-corrected chi connectivity index (χ0v) is 22.0. The zero-order valence-electron chi connectivity index (χ0n) is 18.7. The van der Waals surface area contributed by atoms with Crippen molar-refractivity contribution in [2.24, 2.45) is 0 Å². The van der Waals surface area contributed by atoms with Crippen molar-refractivity contribution < 1.29 is 19.5 Å². The van der Waals surface area contributed by atoms with Crippen molar-refractivity contribution in [3.05, 3.63) is 57.2 Å². The van der Waals surface area contributed by atoms with Gasteiger partial charge >= 0.3 is 0 Å². The highest BCUT2D eigenvalue weighted by molar-refractivity contribution is 9.09. The van der Waals surface area contributed by atoms with Crippen LogP contribution in [0.15, 0.2) is 12.1 Å². The lowest BCUT2D eigenvalue weighted by Gasteiger charge is -2.07. The highest BCUT2D eigenvalue weighted by Gasteiger charge is 2.12. The van der Waals surface area contributed by atoms with Gasteiger partial charge in [-0.05, 0) is 71.7 Å². The molecule has 0 aliphatic carbocycles. The molecular weight excluding hydrogens is 516 g/mol. The molecule has 8 heteroatoms. The molecule has 0 radical (unpaired) electrons. The fraction of sp³-hybridized carbons (Fsp3) is 0.409. The molecule has 0 saturated carbocycles. The smallest absolute Gasteiger partial charge is 0.300 e. The van der Waals surface area contributed by atoms with Crippen LogP contribution in [0.4, 0.5) is 0 Å². The number of hydrogen-bond donors (Lipinski definition) is 1. The Bertz CT molecular complexity index is 862. The van der Waals surface area contributed by atoms with E-state index in [1.807, 2.05) is 53.7 Å². The van der Waals surface area contributed by atoms with E-state index in [9.17, 15) is 9.59 Å². The number of aryl methyl sites for hydroxylation is 6. The Balaban J connectivity index is 0. The lowest BCUT2D eigenvalue weighted by molar-refractivity contribution is -0.134. The molecular formula is C22H30Br2N2O4. The Morgan fingerprint density at radius 2 is 1.17 bits per heavy atom. The van der Waals surface area contributed by atoms with Gasteiger partial charge in [0.1, 0.15) is 0 Å². The standard InChI is InChI=1S/C10H12BrNO.C10H13NO.C2H4O2.BrH/c1-6-4-7(2)12-8(3)10(6)9(13)5-11;1-6-5-7(2)11-8(3)10(6)9(4)12;1-2(3)4;/h4H,5H2,1-3H3;5H,1-4H3;1H3,(H,3,4);1H. The van der Waals surface area contributed by atoms with Gasteiger partial charge in [0, 0.05) is 40.8 Å². The van der Waals surface area contributed by atoms with E-state index in [1.54, 1.807) is 6.92 Å². The molecule has 2 rings (SSSR count). The van der Waals surface area contributed by atoms with E-state index >= 15 is 0 Å². The summed E-state index contributed by atoms with van der Waals surface area (Å²) in [5.74, 6) is -0.639. The van der Waals surface area contributed by atoms with Crippen LogP contribution in [0.1, 0.15) is 68.5 Å². The van der Waals surface area contributed by atoms with Gasteiger partial charge in [-0.1, -0.05) is 15.9 Å². The Labute approximate surface area is 197 Å². The van der Waals surface area contributed by atoms with Gasteiger partial charge < -0.3 is 5.11 Å². The first-order valence-corrected chi connectivity index (χ1v) is 10.1. The van der Waals surface area contributed by atoms with Gasteiger partial charge in [0.25, 0.3) is 5.97 Å². The number of halogens is 2. The molecule has 2 aromatic heterocycles. The van der Waals surface area contributed by atoms with E-state index < -0.39 is 5.97 Å². The van der Waals surface area contributed by atoms with Crippen molar-refractivity contribution in [3.63, 3.8) is 0 Å². The summed E-state index contributed by atoms with van der Waals surface area (Å²) in [6.45, 7) is 14.2. The highest BCUT2D eigenvalue weighted by Crippen LogP contribution is 2.15. The molecule has 0 aliphatic rings. The molecule has 0 atom stereocenters. The van der Waals surface area contributed by atoms with Crippen LogP contribution in [-0.2, 0) is 4.79 Å². The SMILES string of the molecule is Br.CC(=O)O.CC(=O)c1c(C)cc(C)nc1C.Cc1cc(C)c(C(=O)CBr)c(C)n1. The first kappa shape index (κ1) is 30.3. The van der Waals surface area contributed by atoms with Gasteiger partial charge in [0.2, 0.25) is 0 Å². The molecule has 1 N–H and O–H groups in total. The number of aromatic nitrogens is 2. The highest BCUT2D eigenvalue weighted by atomic mass is 79.9. The number of carbonyl (C=O) groups is 3. The molecule has 2 heterocycles. The van der Waals surface area contributed by atoms with Crippen molar-refractivity contribution in [3.8, 4) is 0 Å². The lowest BCUT2D eigenvalue weighted by atomic mass is 10.0. The Morgan fingerprint density at radius 1 is 0.833 bits per heavy atom. The van der Waals surface area contributed by atoms with Crippen molar-refractivity contribution in [2.75, 3.05) is 5.33 Å². The zero-order chi connectivity index (χ0) is 22.9. The summed E-state index contributed by atoms with van der Waals surface area (Å²) >= 11 is 3.16. The summed E-state index contributed by atoms with van der Waals surface area (Å²) in [5, 5.41) is 7.78. The van der Waals surface area contributed by atoms with Gasteiger partial charge in [-0.2, -0.15) is 0 Å². The Morgan fingerprint density at radius 3 is 1.43 bits per heavy atom. The van der Waals surface area contributed by atoms with Gasteiger partial charge in [-0.15, -0.1) is 17.0 Å². The summed E-state index contributed by atoms with van der Waals surface area (Å²) < 4.78 is 0. The fourth-order valence-corrected chi connectivity index (χ4v) is 3.35. The molecule has 166 valence electrons. The molecule has 6 nitrogen and oxygen atoms in total. The number of rotatable bonds is 3. The molecule has 0 unspecified atom stereocenters. The Kier molecular flexibility index (Phi) is 14.3. The summed E-state index contributed by atoms with van der Waals surface area (Å²) in [4.78, 5) is 40.1. The number of carboxylic acids is 1. The normalized spacial score (nSPS) is 9.23.